The average molecular weight is 356 g/mol. The van der Waals surface area contributed by atoms with Crippen molar-refractivity contribution in [3.05, 3.63) is 65.0 Å². The second-order valence-electron chi connectivity index (χ2n) is 5.40. The Balaban J connectivity index is 2.63. The molecular weight excluding hydrogens is 336 g/mol. The van der Waals surface area contributed by atoms with Gasteiger partial charge < -0.3 is 19.7 Å². The summed E-state index contributed by atoms with van der Waals surface area (Å²) in [5.41, 5.74) is 1.95. The third-order valence-electron chi connectivity index (χ3n) is 3.83. The largest absolute Gasteiger partial charge is 0.465 e. The molecule has 0 spiro atoms. The van der Waals surface area contributed by atoms with Crippen LogP contribution in [0, 0.1) is 6.92 Å². The van der Waals surface area contributed by atoms with Crippen LogP contribution in [-0.4, -0.2) is 39.1 Å². The molecule has 1 N–H and O–H groups in total. The highest BCUT2D eigenvalue weighted by Gasteiger charge is 2.28. The fourth-order valence-electron chi connectivity index (χ4n) is 2.56. The van der Waals surface area contributed by atoms with E-state index in [-0.39, 0.29) is 17.2 Å². The summed E-state index contributed by atoms with van der Waals surface area (Å²) < 4.78 is 9.65. The van der Waals surface area contributed by atoms with E-state index in [1.807, 2.05) is 0 Å². The summed E-state index contributed by atoms with van der Waals surface area (Å²) in [6, 6.07) is 5.04. The lowest BCUT2D eigenvalue weighted by Gasteiger charge is -2.25. The first-order chi connectivity index (χ1) is 12.4. The number of aryl methyl sites for hydroxylation is 1. The number of ether oxygens (including phenoxy) is 2. The molecule has 26 heavy (non-hydrogen) atoms. The summed E-state index contributed by atoms with van der Waals surface area (Å²) in [7, 11) is 4.03. The third kappa shape index (κ3) is 3.66. The van der Waals surface area contributed by atoms with Crippen LogP contribution in [-0.2, 0) is 19.1 Å². The minimum Gasteiger partial charge on any atom is -0.465 e. The van der Waals surface area contributed by atoms with Gasteiger partial charge in [0.1, 0.15) is 5.70 Å². The Kier molecular flexibility index (Phi) is 5.95. The Morgan fingerprint density at radius 3 is 2.31 bits per heavy atom. The number of nitrogens with one attached hydrogen (secondary N) is 1. The summed E-state index contributed by atoms with van der Waals surface area (Å²) >= 11 is 0. The lowest BCUT2D eigenvalue weighted by molar-refractivity contribution is -0.139. The van der Waals surface area contributed by atoms with Crippen LogP contribution in [0.3, 0.4) is 0 Å². The molecule has 0 aliphatic carbocycles. The van der Waals surface area contributed by atoms with Crippen LogP contribution in [0.1, 0.15) is 15.9 Å². The summed E-state index contributed by atoms with van der Waals surface area (Å²) in [6.45, 7) is 1.81. The molecule has 2 rings (SSSR count). The topological polar surface area (TPSA) is 84.9 Å². The van der Waals surface area contributed by atoms with E-state index in [0.717, 1.165) is 5.56 Å². The summed E-state index contributed by atoms with van der Waals surface area (Å²) in [5, 5.41) is 2.56. The van der Waals surface area contributed by atoms with Gasteiger partial charge in [-0.1, -0.05) is 6.08 Å². The van der Waals surface area contributed by atoms with E-state index in [2.05, 4.69) is 5.32 Å². The van der Waals surface area contributed by atoms with Gasteiger partial charge in [-0.3, -0.25) is 4.79 Å². The van der Waals surface area contributed by atoms with E-state index >= 15 is 0 Å². The van der Waals surface area contributed by atoms with Gasteiger partial charge in [-0.2, -0.15) is 0 Å². The van der Waals surface area contributed by atoms with Crippen molar-refractivity contribution in [3.8, 4) is 0 Å². The SMILES string of the molecule is CNC(=O)c1ccc(N2C=CC=CC(C(=O)OC)=C2C(=O)OC)c(C)c1. The number of allylic oxidation sites excluding steroid dienone is 2. The van der Waals surface area contributed by atoms with Gasteiger partial charge in [-0.15, -0.1) is 0 Å². The normalized spacial score (nSPS) is 13.3. The maximum Gasteiger partial charge on any atom is 0.355 e. The van der Waals surface area contributed by atoms with Crippen LogP contribution in [0.15, 0.2) is 53.9 Å². The van der Waals surface area contributed by atoms with Gasteiger partial charge >= 0.3 is 11.9 Å². The number of rotatable bonds is 4. The third-order valence-corrected chi connectivity index (χ3v) is 3.83. The van der Waals surface area contributed by atoms with Crippen molar-refractivity contribution in [3.63, 3.8) is 0 Å². The number of benzene rings is 1. The van der Waals surface area contributed by atoms with Gasteiger partial charge in [-0.05, 0) is 42.8 Å². The van der Waals surface area contributed by atoms with Crippen LogP contribution >= 0.6 is 0 Å². The zero-order valence-corrected chi connectivity index (χ0v) is 15.0. The number of nitrogens with zero attached hydrogens (tertiary/aromatic N) is 1. The van der Waals surface area contributed by atoms with E-state index in [9.17, 15) is 14.4 Å². The lowest BCUT2D eigenvalue weighted by atomic mass is 10.1. The molecule has 1 aliphatic heterocycles. The molecule has 7 nitrogen and oxygen atoms in total. The maximum absolute atomic E-state index is 12.4. The highest BCUT2D eigenvalue weighted by Crippen LogP contribution is 2.29. The fraction of sp³-hybridized carbons (Fsp3) is 0.211. The Hall–Kier alpha value is -3.35. The molecule has 1 amide bonds. The van der Waals surface area contributed by atoms with Crippen molar-refractivity contribution in [2.45, 2.75) is 6.92 Å². The van der Waals surface area contributed by atoms with Crippen LogP contribution in [0.4, 0.5) is 5.69 Å². The Labute approximate surface area is 151 Å². The Morgan fingerprint density at radius 2 is 1.73 bits per heavy atom. The molecule has 0 saturated carbocycles. The molecule has 0 aromatic heterocycles. The van der Waals surface area contributed by atoms with Gasteiger partial charge in [0.2, 0.25) is 0 Å². The number of esters is 2. The highest BCUT2D eigenvalue weighted by molar-refractivity contribution is 6.05. The van der Waals surface area contributed by atoms with Gasteiger partial charge in [0.25, 0.3) is 5.91 Å². The van der Waals surface area contributed by atoms with E-state index in [1.165, 1.54) is 20.3 Å². The maximum atomic E-state index is 12.4. The van der Waals surface area contributed by atoms with E-state index in [1.54, 1.807) is 55.4 Å². The number of carbonyl (C=O) groups is 3. The second-order valence-corrected chi connectivity index (χ2v) is 5.40. The summed E-state index contributed by atoms with van der Waals surface area (Å²) in [4.78, 5) is 37.9. The standard InChI is InChI=1S/C19H20N2O5/c1-12-11-13(17(22)20-2)8-9-15(12)21-10-6-5-7-14(18(23)25-3)16(21)19(24)26-4/h5-11H,1-4H3,(H,20,22). The highest BCUT2D eigenvalue weighted by atomic mass is 16.5. The first kappa shape index (κ1) is 19.0. The number of hydrogen-bond donors (Lipinski definition) is 1. The summed E-state index contributed by atoms with van der Waals surface area (Å²) in [5.74, 6) is -1.56. The van der Waals surface area contributed by atoms with Crippen molar-refractivity contribution in [2.75, 3.05) is 26.2 Å². The number of carbonyl (C=O) groups excluding carboxylic acids is 3. The minimum absolute atomic E-state index is 0.0279. The predicted molar refractivity (Wildman–Crippen MR) is 96.4 cm³/mol. The number of anilines is 1. The molecule has 136 valence electrons. The molecule has 1 aromatic rings. The smallest absolute Gasteiger partial charge is 0.355 e. The van der Waals surface area contributed by atoms with Crippen molar-refractivity contribution in [1.29, 1.82) is 0 Å². The van der Waals surface area contributed by atoms with Gasteiger partial charge in [-0.25, -0.2) is 9.59 Å². The molecule has 0 bridgehead atoms. The van der Waals surface area contributed by atoms with Crippen LogP contribution in [0.5, 0.6) is 0 Å². The zero-order valence-electron chi connectivity index (χ0n) is 15.0. The van der Waals surface area contributed by atoms with Gasteiger partial charge in [0.05, 0.1) is 19.8 Å². The molecule has 0 atom stereocenters. The predicted octanol–water partition coefficient (Wildman–Crippen LogP) is 1.84. The minimum atomic E-state index is -0.684. The quantitative estimate of drug-likeness (QED) is 0.829. The average Bonchev–Trinajstić information content (AvgIpc) is 2.88. The fourth-order valence-corrected chi connectivity index (χ4v) is 2.56. The second kappa shape index (κ2) is 8.15. The first-order valence-electron chi connectivity index (χ1n) is 7.82. The zero-order chi connectivity index (χ0) is 19.3. The van der Waals surface area contributed by atoms with Crippen LogP contribution < -0.4 is 10.2 Å². The number of methoxy groups -OCH3 is 2. The van der Waals surface area contributed by atoms with Crippen LogP contribution in [0.25, 0.3) is 0 Å². The lowest BCUT2D eigenvalue weighted by Crippen LogP contribution is -2.27. The Bertz CT molecular complexity index is 836. The van der Waals surface area contributed by atoms with Crippen molar-refractivity contribution >= 4 is 23.5 Å². The monoisotopic (exact) mass is 356 g/mol. The molecule has 0 fully saturated rings. The molecular formula is C19H20N2O5. The van der Waals surface area contributed by atoms with Crippen molar-refractivity contribution in [1.82, 2.24) is 5.32 Å². The molecule has 1 aromatic carbocycles. The molecule has 0 radical (unpaired) electrons. The van der Waals surface area contributed by atoms with Crippen molar-refractivity contribution < 1.29 is 23.9 Å². The number of amides is 1. The Morgan fingerprint density at radius 1 is 1.04 bits per heavy atom. The van der Waals surface area contributed by atoms with Crippen molar-refractivity contribution in [2.24, 2.45) is 0 Å². The van der Waals surface area contributed by atoms with Crippen LogP contribution in [0.2, 0.25) is 0 Å². The van der Waals surface area contributed by atoms with Gasteiger partial charge in [0.15, 0.2) is 0 Å². The van der Waals surface area contributed by atoms with E-state index < -0.39 is 11.9 Å². The summed E-state index contributed by atoms with van der Waals surface area (Å²) in [6.07, 6.45) is 6.44. The molecule has 1 aliphatic rings. The molecule has 0 saturated heterocycles. The molecule has 7 heteroatoms. The van der Waals surface area contributed by atoms with Gasteiger partial charge in [0, 0.05) is 24.5 Å². The van der Waals surface area contributed by atoms with E-state index in [0.29, 0.717) is 11.3 Å². The number of hydrogen-bond acceptors (Lipinski definition) is 6. The molecule has 0 unspecified atom stereocenters. The molecule has 1 heterocycles. The first-order valence-corrected chi connectivity index (χ1v) is 7.82. The van der Waals surface area contributed by atoms with E-state index in [4.69, 9.17) is 9.47 Å².